The Morgan fingerprint density at radius 1 is 1.22 bits per heavy atom. The number of carbonyl (C=O) groups is 3. The van der Waals surface area contributed by atoms with E-state index in [0.29, 0.717) is 55.9 Å². The van der Waals surface area contributed by atoms with Crippen LogP contribution < -0.4 is 5.32 Å². The van der Waals surface area contributed by atoms with E-state index in [-0.39, 0.29) is 47.6 Å². The monoisotopic (exact) mass is 523 g/mol. The van der Waals surface area contributed by atoms with Crippen LogP contribution in [0.1, 0.15) is 28.8 Å². The van der Waals surface area contributed by atoms with E-state index in [1.54, 1.807) is 14.0 Å². The molecule has 206 valence electrons. The van der Waals surface area contributed by atoms with Crippen LogP contribution >= 0.6 is 0 Å². The molecule has 3 N–H and O–H groups in total. The number of hydrogen-bond acceptors (Lipinski definition) is 9. The van der Waals surface area contributed by atoms with Gasteiger partial charge in [-0.2, -0.15) is 0 Å². The number of methoxy groups -OCH3 is 1. The first kappa shape index (κ1) is 28.7. The zero-order valence-electron chi connectivity index (χ0n) is 22.0. The molecule has 1 saturated heterocycles. The quantitative estimate of drug-likeness (QED) is 0.196. The highest BCUT2D eigenvalue weighted by atomic mass is 16.6. The summed E-state index contributed by atoms with van der Waals surface area (Å²) in [5.74, 6) is -2.07. The van der Waals surface area contributed by atoms with Crippen molar-refractivity contribution in [3.63, 3.8) is 0 Å². The second-order valence-corrected chi connectivity index (χ2v) is 10.6. The number of rotatable bonds is 13. The van der Waals surface area contributed by atoms with Crippen LogP contribution in [0.5, 0.6) is 11.5 Å². The van der Waals surface area contributed by atoms with E-state index in [9.17, 15) is 24.6 Å². The number of aryl methyl sites for hydroxylation is 1. The lowest BCUT2D eigenvalue weighted by Crippen LogP contribution is -2.51. The zero-order chi connectivity index (χ0) is 27.2. The zero-order valence-corrected chi connectivity index (χ0v) is 22.0. The summed E-state index contributed by atoms with van der Waals surface area (Å²) in [5, 5.41) is 22.4. The first-order valence-corrected chi connectivity index (χ1v) is 12.6. The molecule has 1 aliphatic heterocycles. The minimum Gasteiger partial charge on any atom is -0.504 e. The number of likely N-dealkylation sites (N-methyl/N-ethyl adjacent to an activating group) is 1. The van der Waals surface area contributed by atoms with Gasteiger partial charge in [-0.1, -0.05) is 0 Å². The summed E-state index contributed by atoms with van der Waals surface area (Å²) < 4.78 is 22.0. The number of nitrogens with one attached hydrogen (secondary N) is 1. The average molecular weight is 524 g/mol. The van der Waals surface area contributed by atoms with Gasteiger partial charge in [-0.05, 0) is 43.4 Å². The average Bonchev–Trinajstić information content (AvgIpc) is 3.38. The van der Waals surface area contributed by atoms with E-state index in [1.807, 2.05) is 14.1 Å². The standard InChI is InChI=1S/C26H38N2O9/c1-16-9-22(29)23(30)11-20(16)25(32)36-15-19(37-26(33)21-10-18(21)13-34-4)12-28(2,3)7-6-27-24(31)17-5-8-35-14-17/h9,11,17-19,21H,5-8,10,12-15H2,1-4H3,(H2-,27,29,30,31,32)/p+1. The molecule has 0 spiro atoms. The summed E-state index contributed by atoms with van der Waals surface area (Å²) in [5.41, 5.74) is 0.545. The SMILES string of the molecule is COCC1CC1C(=O)OC(COC(=O)c1cc(O)c(O)cc1C)C[N+](C)(C)CCNC(=O)C1CCOC1. The number of ether oxygens (including phenoxy) is 4. The Kier molecular flexibility index (Phi) is 9.74. The Morgan fingerprint density at radius 2 is 1.95 bits per heavy atom. The van der Waals surface area contributed by atoms with Crippen molar-refractivity contribution in [1.82, 2.24) is 5.32 Å². The molecular formula is C26H39N2O9+. The van der Waals surface area contributed by atoms with Crippen LogP contribution in [0, 0.1) is 24.7 Å². The first-order valence-electron chi connectivity index (χ1n) is 12.6. The number of benzene rings is 1. The molecule has 11 heteroatoms. The van der Waals surface area contributed by atoms with Crippen LogP contribution in [0.15, 0.2) is 12.1 Å². The van der Waals surface area contributed by atoms with E-state index in [2.05, 4.69) is 5.32 Å². The van der Waals surface area contributed by atoms with Crippen molar-refractivity contribution >= 4 is 17.8 Å². The van der Waals surface area contributed by atoms with Gasteiger partial charge in [0.2, 0.25) is 5.91 Å². The summed E-state index contributed by atoms with van der Waals surface area (Å²) in [4.78, 5) is 37.7. The summed E-state index contributed by atoms with van der Waals surface area (Å²) in [6, 6.07) is 2.42. The van der Waals surface area contributed by atoms with Crippen molar-refractivity contribution in [2.45, 2.75) is 25.9 Å². The highest BCUT2D eigenvalue weighted by Crippen LogP contribution is 2.39. The number of phenolic OH excluding ortho intramolecular Hbond substituents is 2. The maximum atomic E-state index is 12.7. The third kappa shape index (κ3) is 8.31. The van der Waals surface area contributed by atoms with Crippen molar-refractivity contribution in [3.8, 4) is 11.5 Å². The first-order chi connectivity index (χ1) is 17.5. The predicted octanol–water partition coefficient (Wildman–Crippen LogP) is 0.986. The van der Waals surface area contributed by atoms with Gasteiger partial charge < -0.3 is 39.0 Å². The summed E-state index contributed by atoms with van der Waals surface area (Å²) in [7, 11) is 5.48. The summed E-state index contributed by atoms with van der Waals surface area (Å²) in [6.45, 7) is 4.31. The lowest BCUT2D eigenvalue weighted by Gasteiger charge is -2.33. The third-order valence-electron chi connectivity index (χ3n) is 6.85. The van der Waals surface area contributed by atoms with Gasteiger partial charge in [-0.3, -0.25) is 9.59 Å². The van der Waals surface area contributed by atoms with Crippen molar-refractivity contribution in [2.24, 2.45) is 17.8 Å². The second-order valence-electron chi connectivity index (χ2n) is 10.6. The number of quaternary nitrogens is 1. The molecule has 1 saturated carbocycles. The number of hydrogen-bond donors (Lipinski definition) is 3. The summed E-state index contributed by atoms with van der Waals surface area (Å²) in [6.07, 6.45) is 0.692. The molecule has 0 bridgehead atoms. The van der Waals surface area contributed by atoms with Crippen LogP contribution in [0.3, 0.4) is 0 Å². The van der Waals surface area contributed by atoms with Crippen LogP contribution in [-0.4, -0.2) is 106 Å². The molecule has 2 aliphatic rings. The van der Waals surface area contributed by atoms with Gasteiger partial charge in [0, 0.05) is 20.3 Å². The van der Waals surface area contributed by atoms with Gasteiger partial charge in [-0.25, -0.2) is 4.79 Å². The minimum atomic E-state index is -0.722. The van der Waals surface area contributed by atoms with Crippen LogP contribution in [0.25, 0.3) is 0 Å². The molecule has 37 heavy (non-hydrogen) atoms. The van der Waals surface area contributed by atoms with Crippen molar-refractivity contribution in [1.29, 1.82) is 0 Å². The molecule has 1 heterocycles. The van der Waals surface area contributed by atoms with Gasteiger partial charge >= 0.3 is 11.9 Å². The Balaban J connectivity index is 1.59. The maximum absolute atomic E-state index is 12.7. The van der Waals surface area contributed by atoms with Crippen LogP contribution in [-0.2, 0) is 28.5 Å². The minimum absolute atomic E-state index is 0.0279. The van der Waals surface area contributed by atoms with E-state index in [1.165, 1.54) is 6.07 Å². The van der Waals surface area contributed by atoms with Gasteiger partial charge in [-0.15, -0.1) is 0 Å². The van der Waals surface area contributed by atoms with E-state index in [0.717, 1.165) is 12.5 Å². The lowest BCUT2D eigenvalue weighted by molar-refractivity contribution is -0.892. The Hall–Kier alpha value is -2.89. The molecule has 1 aromatic carbocycles. The second kappa shape index (κ2) is 12.6. The molecule has 2 fully saturated rings. The number of phenols is 2. The fourth-order valence-electron chi connectivity index (χ4n) is 4.47. The Labute approximate surface area is 217 Å². The molecule has 1 aliphatic carbocycles. The van der Waals surface area contributed by atoms with Crippen LogP contribution in [0.4, 0.5) is 0 Å². The molecule has 1 amide bonds. The fraction of sp³-hybridized carbons (Fsp3) is 0.654. The number of amides is 1. The highest BCUT2D eigenvalue weighted by molar-refractivity contribution is 5.92. The molecular weight excluding hydrogens is 484 g/mol. The Morgan fingerprint density at radius 3 is 2.62 bits per heavy atom. The molecule has 0 radical (unpaired) electrons. The number of aromatic hydroxyl groups is 2. The van der Waals surface area contributed by atoms with Crippen molar-refractivity contribution in [2.75, 3.05) is 67.3 Å². The smallest absolute Gasteiger partial charge is 0.338 e. The predicted molar refractivity (Wildman–Crippen MR) is 132 cm³/mol. The topological polar surface area (TPSA) is 141 Å². The molecule has 4 atom stereocenters. The fourth-order valence-corrected chi connectivity index (χ4v) is 4.47. The van der Waals surface area contributed by atoms with Gasteiger partial charge in [0.05, 0.1) is 51.2 Å². The molecule has 1 aromatic rings. The highest BCUT2D eigenvalue weighted by Gasteiger charge is 2.45. The van der Waals surface area contributed by atoms with Crippen molar-refractivity contribution < 1.29 is 48.0 Å². The van der Waals surface area contributed by atoms with Crippen molar-refractivity contribution in [3.05, 3.63) is 23.3 Å². The summed E-state index contributed by atoms with van der Waals surface area (Å²) >= 11 is 0. The van der Waals surface area contributed by atoms with E-state index in [4.69, 9.17) is 18.9 Å². The number of nitrogens with zero attached hydrogens (tertiary/aromatic N) is 1. The Bertz CT molecular complexity index is 975. The number of esters is 2. The van der Waals surface area contributed by atoms with Crippen LogP contribution in [0.2, 0.25) is 0 Å². The molecule has 0 aromatic heterocycles. The normalized spacial score (nSPS) is 21.8. The van der Waals surface area contributed by atoms with Gasteiger partial charge in [0.25, 0.3) is 0 Å². The van der Waals surface area contributed by atoms with E-state index < -0.39 is 17.8 Å². The largest absolute Gasteiger partial charge is 0.504 e. The lowest BCUT2D eigenvalue weighted by atomic mass is 10.1. The molecule has 11 nitrogen and oxygen atoms in total. The number of carbonyl (C=O) groups excluding carboxylic acids is 3. The molecule has 4 unspecified atom stereocenters. The van der Waals surface area contributed by atoms with Gasteiger partial charge in [0.1, 0.15) is 13.2 Å². The molecule has 3 rings (SSSR count). The third-order valence-corrected chi connectivity index (χ3v) is 6.85. The van der Waals surface area contributed by atoms with Gasteiger partial charge in [0.15, 0.2) is 17.6 Å². The van der Waals surface area contributed by atoms with E-state index >= 15 is 0 Å². The maximum Gasteiger partial charge on any atom is 0.338 e.